The summed E-state index contributed by atoms with van der Waals surface area (Å²) in [4.78, 5) is 12.8. The van der Waals surface area contributed by atoms with E-state index in [1.165, 1.54) is 12.1 Å². The van der Waals surface area contributed by atoms with Crippen molar-refractivity contribution in [3.8, 4) is 5.75 Å². The van der Waals surface area contributed by atoms with Gasteiger partial charge in [-0.25, -0.2) is 8.42 Å². The van der Waals surface area contributed by atoms with E-state index in [1.54, 1.807) is 12.1 Å². The largest absolute Gasteiger partial charge is 0.491 e. The van der Waals surface area contributed by atoms with Crippen molar-refractivity contribution in [2.45, 2.75) is 37.7 Å². The van der Waals surface area contributed by atoms with Crippen LogP contribution in [-0.4, -0.2) is 26.6 Å². The van der Waals surface area contributed by atoms with Crippen LogP contribution in [0.15, 0.2) is 53.4 Å². The summed E-state index contributed by atoms with van der Waals surface area (Å²) in [7, 11) is -3.26. The highest BCUT2D eigenvalue weighted by Gasteiger charge is 2.18. The van der Waals surface area contributed by atoms with E-state index in [9.17, 15) is 13.2 Å². The molecule has 2 rings (SSSR count). The molecule has 0 saturated heterocycles. The van der Waals surface area contributed by atoms with Crippen molar-refractivity contribution >= 4 is 15.6 Å². The number of hydrogen-bond donors (Lipinski definition) is 0. The number of sulfone groups is 1. The van der Waals surface area contributed by atoms with Gasteiger partial charge in [0, 0.05) is 17.7 Å². The lowest BCUT2D eigenvalue weighted by atomic mass is 9.92. The van der Waals surface area contributed by atoms with Crippen LogP contribution in [0.3, 0.4) is 0 Å². The number of benzene rings is 2. The molecule has 0 spiro atoms. The van der Waals surface area contributed by atoms with Gasteiger partial charge in [-0.1, -0.05) is 31.2 Å². The fourth-order valence-corrected chi connectivity index (χ4v) is 3.01. The first-order valence-corrected chi connectivity index (χ1v) is 9.68. The third-order valence-electron chi connectivity index (χ3n) is 3.71. The molecule has 1 atom stereocenters. The van der Waals surface area contributed by atoms with E-state index in [0.717, 1.165) is 17.6 Å². The minimum atomic E-state index is -3.26. The second-order valence-electron chi connectivity index (χ2n) is 6.12. The van der Waals surface area contributed by atoms with Crippen molar-refractivity contribution in [1.29, 1.82) is 0 Å². The average Bonchev–Trinajstić information content (AvgIpc) is 2.53. The summed E-state index contributed by atoms with van der Waals surface area (Å²) in [6.45, 7) is 5.76. The highest BCUT2D eigenvalue weighted by Crippen LogP contribution is 2.24. The van der Waals surface area contributed by atoms with Gasteiger partial charge in [0.1, 0.15) is 5.75 Å². The van der Waals surface area contributed by atoms with E-state index < -0.39 is 9.84 Å². The Kier molecular flexibility index (Phi) is 5.44. The number of Topliss-reactive ketones (excluding diaryl/α,β-unsaturated/α-hetero) is 1. The molecule has 128 valence electrons. The number of ketones is 1. The maximum atomic E-state index is 12.6. The van der Waals surface area contributed by atoms with Crippen LogP contribution in [0.5, 0.6) is 5.75 Å². The highest BCUT2D eigenvalue weighted by molar-refractivity contribution is 7.90. The van der Waals surface area contributed by atoms with Crippen LogP contribution in [0, 0.1) is 0 Å². The van der Waals surface area contributed by atoms with E-state index >= 15 is 0 Å². The summed E-state index contributed by atoms with van der Waals surface area (Å²) in [5.74, 6) is 0.403. The number of ether oxygens (including phenoxy) is 1. The van der Waals surface area contributed by atoms with Crippen molar-refractivity contribution in [3.63, 3.8) is 0 Å². The van der Waals surface area contributed by atoms with E-state index in [2.05, 4.69) is 0 Å². The van der Waals surface area contributed by atoms with Gasteiger partial charge in [0.2, 0.25) is 0 Å². The standard InChI is InChI=1S/C19H22O4S/c1-13(2)23-17-9-5-15(6-10-17)14(3)19(20)16-7-11-18(12-8-16)24(4,21)22/h5-14H,1-4H3. The predicted molar refractivity (Wildman–Crippen MR) is 94.5 cm³/mol. The Balaban J connectivity index is 2.17. The fraction of sp³-hybridized carbons (Fsp3) is 0.316. The SMILES string of the molecule is CC(C)Oc1ccc(C(C)C(=O)c2ccc(S(C)(=O)=O)cc2)cc1. The summed E-state index contributed by atoms with van der Waals surface area (Å²) in [5.41, 5.74) is 1.39. The summed E-state index contributed by atoms with van der Waals surface area (Å²) < 4.78 is 28.6. The molecular weight excluding hydrogens is 324 g/mol. The Bertz CT molecular complexity index is 803. The number of hydrogen-bond acceptors (Lipinski definition) is 4. The molecule has 4 nitrogen and oxygen atoms in total. The Hall–Kier alpha value is -2.14. The minimum absolute atomic E-state index is 0.0485. The van der Waals surface area contributed by atoms with Crippen molar-refractivity contribution in [1.82, 2.24) is 0 Å². The van der Waals surface area contributed by atoms with Gasteiger partial charge in [-0.15, -0.1) is 0 Å². The first kappa shape index (κ1) is 18.2. The zero-order valence-corrected chi connectivity index (χ0v) is 15.1. The van der Waals surface area contributed by atoms with Crippen LogP contribution in [0.1, 0.15) is 42.6 Å². The van der Waals surface area contributed by atoms with Crippen LogP contribution in [0.4, 0.5) is 0 Å². The van der Waals surface area contributed by atoms with E-state index in [-0.39, 0.29) is 22.7 Å². The Labute approximate surface area is 143 Å². The molecule has 0 heterocycles. The van der Waals surface area contributed by atoms with Gasteiger partial charge in [0.05, 0.1) is 11.0 Å². The van der Waals surface area contributed by atoms with Crippen LogP contribution in [0.25, 0.3) is 0 Å². The van der Waals surface area contributed by atoms with Crippen molar-refractivity contribution in [2.75, 3.05) is 6.26 Å². The third-order valence-corrected chi connectivity index (χ3v) is 4.84. The first-order valence-electron chi connectivity index (χ1n) is 7.79. The van der Waals surface area contributed by atoms with Gasteiger partial charge in [-0.05, 0) is 43.7 Å². The molecule has 24 heavy (non-hydrogen) atoms. The molecule has 0 fully saturated rings. The first-order chi connectivity index (χ1) is 11.2. The van der Waals surface area contributed by atoms with E-state index in [1.807, 2.05) is 45.0 Å². The van der Waals surface area contributed by atoms with Gasteiger partial charge in [-0.3, -0.25) is 4.79 Å². The minimum Gasteiger partial charge on any atom is -0.491 e. The molecule has 0 amide bonds. The van der Waals surface area contributed by atoms with E-state index in [4.69, 9.17) is 4.74 Å². The molecule has 0 N–H and O–H groups in total. The van der Waals surface area contributed by atoms with Crippen LogP contribution < -0.4 is 4.74 Å². The van der Waals surface area contributed by atoms with Crippen LogP contribution in [-0.2, 0) is 9.84 Å². The lowest BCUT2D eigenvalue weighted by Gasteiger charge is -2.14. The van der Waals surface area contributed by atoms with Crippen molar-refractivity contribution < 1.29 is 17.9 Å². The number of carbonyl (C=O) groups is 1. The molecule has 0 aliphatic rings. The summed E-state index contributed by atoms with van der Waals surface area (Å²) in [6, 6.07) is 13.5. The molecule has 0 aliphatic carbocycles. The summed E-state index contributed by atoms with van der Waals surface area (Å²) in [6.07, 6.45) is 1.25. The zero-order valence-electron chi connectivity index (χ0n) is 14.3. The molecule has 0 bridgehead atoms. The van der Waals surface area contributed by atoms with Crippen LogP contribution in [0.2, 0.25) is 0 Å². The molecule has 1 unspecified atom stereocenters. The molecular formula is C19H22O4S. The molecule has 5 heteroatoms. The van der Waals surface area contributed by atoms with Crippen LogP contribution >= 0.6 is 0 Å². The monoisotopic (exact) mass is 346 g/mol. The molecule has 2 aromatic carbocycles. The van der Waals surface area contributed by atoms with Gasteiger partial charge >= 0.3 is 0 Å². The Morgan fingerprint density at radius 1 is 0.917 bits per heavy atom. The second kappa shape index (κ2) is 7.18. The highest BCUT2D eigenvalue weighted by atomic mass is 32.2. The van der Waals surface area contributed by atoms with Gasteiger partial charge < -0.3 is 4.74 Å². The topological polar surface area (TPSA) is 60.4 Å². The van der Waals surface area contributed by atoms with Gasteiger partial charge in [-0.2, -0.15) is 0 Å². The molecule has 0 saturated carbocycles. The van der Waals surface area contributed by atoms with E-state index in [0.29, 0.717) is 5.56 Å². The smallest absolute Gasteiger partial charge is 0.175 e. The summed E-state index contributed by atoms with van der Waals surface area (Å²) >= 11 is 0. The predicted octanol–water partition coefficient (Wildman–Crippen LogP) is 3.86. The normalized spacial score (nSPS) is 12.9. The maximum absolute atomic E-state index is 12.6. The van der Waals surface area contributed by atoms with Crippen molar-refractivity contribution in [2.24, 2.45) is 0 Å². The number of carbonyl (C=O) groups excluding carboxylic acids is 1. The number of rotatable bonds is 6. The quantitative estimate of drug-likeness (QED) is 0.745. The zero-order chi connectivity index (χ0) is 17.9. The van der Waals surface area contributed by atoms with Gasteiger partial charge in [0.25, 0.3) is 0 Å². The summed E-state index contributed by atoms with van der Waals surface area (Å²) in [5, 5.41) is 0. The fourth-order valence-electron chi connectivity index (χ4n) is 2.38. The van der Waals surface area contributed by atoms with Crippen molar-refractivity contribution in [3.05, 3.63) is 59.7 Å². The Morgan fingerprint density at radius 2 is 1.46 bits per heavy atom. The molecule has 2 aromatic rings. The third kappa shape index (κ3) is 4.45. The van der Waals surface area contributed by atoms with Gasteiger partial charge in [0.15, 0.2) is 15.6 Å². The molecule has 0 aliphatic heterocycles. The average molecular weight is 346 g/mol. The lowest BCUT2D eigenvalue weighted by Crippen LogP contribution is -2.10. The molecule has 0 aromatic heterocycles. The molecule has 0 radical (unpaired) electrons. The maximum Gasteiger partial charge on any atom is 0.175 e. The second-order valence-corrected chi connectivity index (χ2v) is 8.13. The lowest BCUT2D eigenvalue weighted by molar-refractivity contribution is 0.0966. The Morgan fingerprint density at radius 3 is 1.92 bits per heavy atom.